The number of hydrogen-bond donors (Lipinski definition) is 0. The van der Waals surface area contributed by atoms with Gasteiger partial charge in [0.2, 0.25) is 0 Å². The van der Waals surface area contributed by atoms with Gasteiger partial charge in [0, 0.05) is 29.1 Å². The predicted molar refractivity (Wildman–Crippen MR) is 68.5 cm³/mol. The number of hydrogen-bond acceptors (Lipinski definition) is 4. The highest BCUT2D eigenvalue weighted by Gasteiger charge is 2.11. The Bertz CT molecular complexity index is 666. The Morgan fingerprint density at radius 3 is 2.88 bits per heavy atom. The number of oxazole rings is 1. The lowest BCUT2D eigenvalue weighted by molar-refractivity contribution is 0.597. The molecule has 0 saturated carbocycles. The normalized spacial score (nSPS) is 11.4. The molecule has 16 heavy (non-hydrogen) atoms. The van der Waals surface area contributed by atoms with Crippen molar-refractivity contribution in [1.29, 1.82) is 0 Å². The monoisotopic (exact) mass is 232 g/mol. The molecule has 0 bridgehead atoms. The van der Waals surface area contributed by atoms with Gasteiger partial charge in [-0.1, -0.05) is 0 Å². The predicted octanol–water partition coefficient (Wildman–Crippen LogP) is 3.42. The number of aromatic nitrogens is 1. The third kappa shape index (κ3) is 1.30. The summed E-state index contributed by atoms with van der Waals surface area (Å²) in [6, 6.07) is 6.92. The number of anilines is 1. The maximum atomic E-state index is 5.67. The van der Waals surface area contributed by atoms with E-state index in [9.17, 15) is 0 Å². The highest BCUT2D eigenvalue weighted by atomic mass is 32.1. The molecule has 0 spiro atoms. The number of benzene rings is 1. The Labute approximate surface area is 97.3 Å². The van der Waals surface area contributed by atoms with Crippen LogP contribution in [0.5, 0.6) is 0 Å². The standard InChI is InChI=1S/C12H12N2OS/c1-7-6-8-10(16-7)5-4-9-11(8)13-12(15-9)14(2)3/h4-6H,1-3H3. The first-order valence-electron chi connectivity index (χ1n) is 5.12. The van der Waals surface area contributed by atoms with Crippen LogP contribution in [0.4, 0.5) is 6.01 Å². The summed E-state index contributed by atoms with van der Waals surface area (Å²) in [6.45, 7) is 2.11. The molecule has 2 aromatic heterocycles. The van der Waals surface area contributed by atoms with Crippen LogP contribution >= 0.6 is 11.3 Å². The molecule has 0 saturated heterocycles. The Hall–Kier alpha value is -1.55. The first-order valence-corrected chi connectivity index (χ1v) is 5.94. The van der Waals surface area contributed by atoms with Crippen LogP contribution in [0.25, 0.3) is 21.2 Å². The van der Waals surface area contributed by atoms with Gasteiger partial charge in [0.15, 0.2) is 5.58 Å². The van der Waals surface area contributed by atoms with Crippen LogP contribution < -0.4 is 4.90 Å². The minimum Gasteiger partial charge on any atom is -0.423 e. The van der Waals surface area contributed by atoms with Crippen molar-refractivity contribution in [3.8, 4) is 0 Å². The van der Waals surface area contributed by atoms with Gasteiger partial charge in [0.25, 0.3) is 6.01 Å². The fraction of sp³-hybridized carbons (Fsp3) is 0.250. The lowest BCUT2D eigenvalue weighted by Crippen LogP contribution is -2.08. The molecule has 0 fully saturated rings. The summed E-state index contributed by atoms with van der Waals surface area (Å²) in [6.07, 6.45) is 0. The summed E-state index contributed by atoms with van der Waals surface area (Å²) in [5.74, 6) is 0. The van der Waals surface area contributed by atoms with Gasteiger partial charge < -0.3 is 9.32 Å². The molecule has 0 atom stereocenters. The van der Waals surface area contributed by atoms with E-state index in [0.717, 1.165) is 11.1 Å². The van der Waals surface area contributed by atoms with Crippen molar-refractivity contribution < 1.29 is 4.42 Å². The smallest absolute Gasteiger partial charge is 0.297 e. The van der Waals surface area contributed by atoms with Crippen LogP contribution in [0.3, 0.4) is 0 Å². The largest absolute Gasteiger partial charge is 0.423 e. The van der Waals surface area contributed by atoms with E-state index in [1.807, 2.05) is 25.1 Å². The SMILES string of the molecule is Cc1cc2c(ccc3oc(N(C)C)nc32)s1. The van der Waals surface area contributed by atoms with Crippen molar-refractivity contribution in [3.63, 3.8) is 0 Å². The van der Waals surface area contributed by atoms with Crippen LogP contribution in [0.1, 0.15) is 4.88 Å². The van der Waals surface area contributed by atoms with Gasteiger partial charge in [0.05, 0.1) is 0 Å². The van der Waals surface area contributed by atoms with Crippen LogP contribution in [0, 0.1) is 6.92 Å². The van der Waals surface area contributed by atoms with Gasteiger partial charge in [-0.2, -0.15) is 4.98 Å². The van der Waals surface area contributed by atoms with Crippen LogP contribution in [0.15, 0.2) is 22.6 Å². The molecule has 3 aromatic rings. The van der Waals surface area contributed by atoms with Crippen molar-refractivity contribution in [3.05, 3.63) is 23.1 Å². The Kier molecular flexibility index (Phi) is 1.94. The van der Waals surface area contributed by atoms with Crippen molar-refractivity contribution in [1.82, 2.24) is 4.98 Å². The maximum absolute atomic E-state index is 5.67. The quantitative estimate of drug-likeness (QED) is 0.643. The minimum atomic E-state index is 0.659. The number of fused-ring (bicyclic) bond motifs is 3. The number of nitrogens with zero attached hydrogens (tertiary/aromatic N) is 2. The molecular weight excluding hydrogens is 220 g/mol. The van der Waals surface area contributed by atoms with E-state index >= 15 is 0 Å². The molecule has 2 heterocycles. The highest BCUT2D eigenvalue weighted by molar-refractivity contribution is 7.19. The van der Waals surface area contributed by atoms with Gasteiger partial charge in [-0.25, -0.2) is 0 Å². The molecular formula is C12H12N2OS. The van der Waals surface area contributed by atoms with E-state index in [1.54, 1.807) is 11.3 Å². The van der Waals surface area contributed by atoms with Crippen molar-refractivity contribution in [2.75, 3.05) is 19.0 Å². The zero-order chi connectivity index (χ0) is 11.3. The molecule has 0 N–H and O–H groups in total. The molecule has 3 rings (SSSR count). The van der Waals surface area contributed by atoms with Gasteiger partial charge >= 0.3 is 0 Å². The lowest BCUT2D eigenvalue weighted by Gasteiger charge is -2.03. The number of rotatable bonds is 1. The van der Waals surface area contributed by atoms with E-state index in [1.165, 1.54) is 15.0 Å². The first kappa shape index (κ1) is 9.66. The van der Waals surface area contributed by atoms with Crippen LogP contribution in [0.2, 0.25) is 0 Å². The number of thiophene rings is 1. The summed E-state index contributed by atoms with van der Waals surface area (Å²) in [5, 5.41) is 1.19. The minimum absolute atomic E-state index is 0.659. The summed E-state index contributed by atoms with van der Waals surface area (Å²) < 4.78 is 6.93. The Morgan fingerprint density at radius 1 is 1.31 bits per heavy atom. The second-order valence-electron chi connectivity index (χ2n) is 4.07. The zero-order valence-corrected chi connectivity index (χ0v) is 10.3. The maximum Gasteiger partial charge on any atom is 0.297 e. The fourth-order valence-corrected chi connectivity index (χ4v) is 2.74. The fourth-order valence-electron chi connectivity index (χ4n) is 1.81. The molecule has 4 heteroatoms. The molecule has 82 valence electrons. The van der Waals surface area contributed by atoms with Crippen molar-refractivity contribution in [2.24, 2.45) is 0 Å². The van der Waals surface area contributed by atoms with E-state index in [2.05, 4.69) is 24.0 Å². The van der Waals surface area contributed by atoms with Gasteiger partial charge in [0.1, 0.15) is 5.52 Å². The van der Waals surface area contributed by atoms with Crippen molar-refractivity contribution in [2.45, 2.75) is 6.92 Å². The first-order chi connectivity index (χ1) is 7.65. The average Bonchev–Trinajstić information content (AvgIpc) is 2.77. The van der Waals surface area contributed by atoms with Crippen molar-refractivity contribution >= 4 is 38.5 Å². The molecule has 0 aliphatic heterocycles. The number of aryl methyl sites for hydroxylation is 1. The second-order valence-corrected chi connectivity index (χ2v) is 5.36. The summed E-state index contributed by atoms with van der Waals surface area (Å²) >= 11 is 1.79. The second kappa shape index (κ2) is 3.22. The Balaban J connectivity index is 2.40. The van der Waals surface area contributed by atoms with Gasteiger partial charge in [-0.05, 0) is 25.1 Å². The van der Waals surface area contributed by atoms with Gasteiger partial charge in [-0.15, -0.1) is 11.3 Å². The molecule has 0 radical (unpaired) electrons. The molecule has 0 unspecified atom stereocenters. The van der Waals surface area contributed by atoms with Gasteiger partial charge in [-0.3, -0.25) is 0 Å². The average molecular weight is 232 g/mol. The molecule has 1 aromatic carbocycles. The summed E-state index contributed by atoms with van der Waals surface area (Å²) in [5.41, 5.74) is 1.82. The summed E-state index contributed by atoms with van der Waals surface area (Å²) in [4.78, 5) is 7.70. The van der Waals surface area contributed by atoms with E-state index in [0.29, 0.717) is 6.01 Å². The third-order valence-corrected chi connectivity index (χ3v) is 3.57. The summed E-state index contributed by atoms with van der Waals surface area (Å²) in [7, 11) is 3.86. The highest BCUT2D eigenvalue weighted by Crippen LogP contribution is 2.32. The zero-order valence-electron chi connectivity index (χ0n) is 9.44. The van der Waals surface area contributed by atoms with E-state index in [4.69, 9.17) is 4.42 Å². The molecule has 0 aliphatic carbocycles. The topological polar surface area (TPSA) is 29.3 Å². The molecule has 0 aliphatic rings. The lowest BCUT2D eigenvalue weighted by atomic mass is 10.2. The third-order valence-electron chi connectivity index (χ3n) is 2.55. The van der Waals surface area contributed by atoms with Crippen LogP contribution in [-0.4, -0.2) is 19.1 Å². The van der Waals surface area contributed by atoms with E-state index in [-0.39, 0.29) is 0 Å². The Morgan fingerprint density at radius 2 is 2.12 bits per heavy atom. The van der Waals surface area contributed by atoms with Crippen LogP contribution in [-0.2, 0) is 0 Å². The molecule has 0 amide bonds. The van der Waals surface area contributed by atoms with E-state index < -0.39 is 0 Å². The molecule has 3 nitrogen and oxygen atoms in total.